The van der Waals surface area contributed by atoms with Gasteiger partial charge < -0.3 is 15.4 Å². The maximum atomic E-state index is 12.0. The quantitative estimate of drug-likeness (QED) is 0.465. The number of hydrogen-bond acceptors (Lipinski definition) is 5. The summed E-state index contributed by atoms with van der Waals surface area (Å²) in [6.07, 6.45) is 1.68. The molecule has 0 fully saturated rings. The number of thioether (sulfide) groups is 1. The second kappa shape index (κ2) is 9.70. The average molecular weight is 521 g/mol. The number of carbonyl (C=O) groups excluding carboxylic acids is 3. The van der Waals surface area contributed by atoms with E-state index in [9.17, 15) is 14.4 Å². The number of ether oxygens (including phenoxy) is 1. The van der Waals surface area contributed by atoms with Gasteiger partial charge in [0.2, 0.25) is 5.91 Å². The van der Waals surface area contributed by atoms with E-state index in [1.807, 2.05) is 24.3 Å². The van der Waals surface area contributed by atoms with Crippen LogP contribution in [0.3, 0.4) is 0 Å². The van der Waals surface area contributed by atoms with E-state index in [1.54, 1.807) is 30.3 Å². The van der Waals surface area contributed by atoms with Crippen LogP contribution in [0, 0.1) is 3.57 Å². The van der Waals surface area contributed by atoms with Crippen molar-refractivity contribution in [3.05, 3.63) is 62.6 Å². The van der Waals surface area contributed by atoms with Gasteiger partial charge in [-0.1, -0.05) is 12.1 Å². The fourth-order valence-electron chi connectivity index (χ4n) is 2.30. The van der Waals surface area contributed by atoms with E-state index in [-0.39, 0.29) is 23.6 Å². The van der Waals surface area contributed by atoms with Crippen LogP contribution in [0.1, 0.15) is 12.5 Å². The third-order valence-electron chi connectivity index (χ3n) is 3.58. The summed E-state index contributed by atoms with van der Waals surface area (Å²) in [5.41, 5.74) is 1.48. The maximum absolute atomic E-state index is 12.0. The van der Waals surface area contributed by atoms with Crippen LogP contribution in [-0.2, 0) is 14.4 Å². The Morgan fingerprint density at radius 1 is 1.10 bits per heavy atom. The van der Waals surface area contributed by atoms with E-state index in [2.05, 4.69) is 38.2 Å². The molecule has 1 aliphatic heterocycles. The summed E-state index contributed by atoms with van der Waals surface area (Å²) < 4.78 is 6.58. The summed E-state index contributed by atoms with van der Waals surface area (Å²) in [5, 5.41) is 5.53. The third kappa shape index (κ3) is 6.43. The molecule has 7 nitrogen and oxygen atoms in total. The van der Waals surface area contributed by atoms with Gasteiger partial charge in [-0.15, -0.1) is 0 Å². The number of rotatable bonds is 5. The van der Waals surface area contributed by atoms with Gasteiger partial charge in [0, 0.05) is 16.2 Å². The van der Waals surface area contributed by atoms with Gasteiger partial charge in [0.1, 0.15) is 5.75 Å². The molecule has 0 atom stereocenters. The van der Waals surface area contributed by atoms with Crippen molar-refractivity contribution in [1.82, 2.24) is 5.32 Å². The number of amides is 3. The first kappa shape index (κ1) is 21.1. The van der Waals surface area contributed by atoms with Crippen LogP contribution in [0.15, 0.2) is 58.4 Å². The normalized spacial score (nSPS) is 14.5. The molecule has 1 heterocycles. The number of hydrogen-bond donors (Lipinski definition) is 2. The Bertz CT molecular complexity index is 1000. The van der Waals surface area contributed by atoms with Gasteiger partial charge in [0.05, 0.1) is 4.91 Å². The van der Waals surface area contributed by atoms with Gasteiger partial charge in [-0.25, -0.2) is 0 Å². The Morgan fingerprint density at radius 2 is 1.79 bits per heavy atom. The maximum Gasteiger partial charge on any atom is 0.286 e. The van der Waals surface area contributed by atoms with Crippen LogP contribution in [0.5, 0.6) is 5.75 Å². The number of anilines is 1. The predicted molar refractivity (Wildman–Crippen MR) is 122 cm³/mol. The molecule has 9 heteroatoms. The Labute approximate surface area is 185 Å². The molecule has 3 amide bonds. The minimum Gasteiger partial charge on any atom is -0.484 e. The van der Waals surface area contributed by atoms with Gasteiger partial charge in [-0.05, 0) is 82.4 Å². The predicted octanol–water partition coefficient (Wildman–Crippen LogP) is 3.42. The lowest BCUT2D eigenvalue weighted by molar-refractivity contribution is -0.118. The summed E-state index contributed by atoms with van der Waals surface area (Å²) in [6.45, 7) is 1.24. The van der Waals surface area contributed by atoms with Crippen molar-refractivity contribution in [1.29, 1.82) is 0 Å². The molecule has 0 saturated carbocycles. The van der Waals surface area contributed by atoms with Crippen molar-refractivity contribution in [3.8, 4) is 5.75 Å². The van der Waals surface area contributed by atoms with Gasteiger partial charge >= 0.3 is 0 Å². The van der Waals surface area contributed by atoms with Gasteiger partial charge in [0.15, 0.2) is 11.8 Å². The van der Waals surface area contributed by atoms with Crippen LogP contribution in [0.25, 0.3) is 6.08 Å². The summed E-state index contributed by atoms with van der Waals surface area (Å²) in [4.78, 5) is 39.1. The van der Waals surface area contributed by atoms with Crippen molar-refractivity contribution < 1.29 is 19.1 Å². The molecule has 0 spiro atoms. The summed E-state index contributed by atoms with van der Waals surface area (Å²) >= 11 is 3.30. The van der Waals surface area contributed by atoms with E-state index in [4.69, 9.17) is 4.74 Å². The smallest absolute Gasteiger partial charge is 0.286 e. The zero-order valence-corrected chi connectivity index (χ0v) is 18.2. The molecule has 2 N–H and O–H groups in total. The van der Waals surface area contributed by atoms with E-state index >= 15 is 0 Å². The van der Waals surface area contributed by atoms with Gasteiger partial charge in [0.25, 0.3) is 11.8 Å². The minimum absolute atomic E-state index is 0.116. The van der Waals surface area contributed by atoms with Gasteiger partial charge in [-0.2, -0.15) is 4.99 Å². The molecule has 2 aromatic carbocycles. The molecule has 148 valence electrons. The minimum atomic E-state index is -0.397. The highest BCUT2D eigenvalue weighted by molar-refractivity contribution is 14.1. The van der Waals surface area contributed by atoms with Crippen LogP contribution >= 0.6 is 34.4 Å². The molecule has 0 unspecified atom stereocenters. The zero-order valence-electron chi connectivity index (χ0n) is 15.3. The average Bonchev–Trinajstić information content (AvgIpc) is 3.01. The fraction of sp³-hybridized carbons (Fsp3) is 0.100. The monoisotopic (exact) mass is 521 g/mol. The summed E-state index contributed by atoms with van der Waals surface area (Å²) in [5.74, 6) is -0.400. The molecule has 0 radical (unpaired) electrons. The fourth-order valence-corrected chi connectivity index (χ4v) is 3.52. The van der Waals surface area contributed by atoms with Crippen molar-refractivity contribution in [3.63, 3.8) is 0 Å². The molecule has 0 aromatic heterocycles. The lowest BCUT2D eigenvalue weighted by Crippen LogP contribution is -2.23. The number of carbonyl (C=O) groups is 3. The van der Waals surface area contributed by atoms with Crippen LogP contribution in [0.4, 0.5) is 5.69 Å². The topological polar surface area (TPSA) is 96.9 Å². The molecule has 29 heavy (non-hydrogen) atoms. The molecule has 1 aliphatic rings. The third-order valence-corrected chi connectivity index (χ3v) is 5.20. The second-order valence-electron chi connectivity index (χ2n) is 5.93. The number of aliphatic imine (C=N–C) groups is 1. The highest BCUT2D eigenvalue weighted by Gasteiger charge is 2.22. The molecule has 0 bridgehead atoms. The highest BCUT2D eigenvalue weighted by atomic mass is 127. The van der Waals surface area contributed by atoms with Crippen LogP contribution in [-0.4, -0.2) is 29.5 Å². The number of nitrogens with zero attached hydrogens (tertiary/aromatic N) is 1. The molecule has 0 aliphatic carbocycles. The molecule has 2 aromatic rings. The van der Waals surface area contributed by atoms with Crippen LogP contribution in [0.2, 0.25) is 0 Å². The van der Waals surface area contributed by atoms with Crippen molar-refractivity contribution >= 4 is 69.0 Å². The zero-order chi connectivity index (χ0) is 20.8. The number of nitrogens with one attached hydrogen (secondary N) is 2. The van der Waals surface area contributed by atoms with Crippen molar-refractivity contribution in [2.24, 2.45) is 4.99 Å². The molecular formula is C20H16IN3O4S. The van der Waals surface area contributed by atoms with E-state index < -0.39 is 5.91 Å². The molecule has 3 rings (SSSR count). The Balaban J connectivity index is 1.52. The van der Waals surface area contributed by atoms with E-state index in [1.165, 1.54) is 6.92 Å². The Kier molecular flexibility index (Phi) is 7.04. The first-order valence-electron chi connectivity index (χ1n) is 8.47. The van der Waals surface area contributed by atoms with Crippen molar-refractivity contribution in [2.45, 2.75) is 6.92 Å². The number of halogens is 1. The lowest BCUT2D eigenvalue weighted by atomic mass is 10.2. The lowest BCUT2D eigenvalue weighted by Gasteiger charge is -2.08. The second-order valence-corrected chi connectivity index (χ2v) is 8.20. The molecular weight excluding hydrogens is 505 g/mol. The summed E-state index contributed by atoms with van der Waals surface area (Å²) in [7, 11) is 0. The standard InChI is InChI=1S/C20H16IN3O4S/c1-12(25)22-20-24-19(27)17(29-20)10-13-2-8-16(9-3-13)28-11-18(26)23-15-6-4-14(21)5-7-15/h2-10H,11H2,1H3,(H,23,26)(H,22,24,25,27)/b17-10-. The SMILES string of the molecule is CC(=O)NC1=NC(=O)/C(=C/c2ccc(OCC(=O)Nc3ccc(I)cc3)cc2)S1. The number of amidine groups is 1. The van der Waals surface area contributed by atoms with Crippen LogP contribution < -0.4 is 15.4 Å². The van der Waals surface area contributed by atoms with Gasteiger partial charge in [-0.3, -0.25) is 14.4 Å². The molecule has 0 saturated heterocycles. The largest absolute Gasteiger partial charge is 0.484 e. The number of benzene rings is 2. The first-order chi connectivity index (χ1) is 13.9. The Morgan fingerprint density at radius 3 is 2.45 bits per heavy atom. The first-order valence-corrected chi connectivity index (χ1v) is 10.4. The summed E-state index contributed by atoms with van der Waals surface area (Å²) in [6, 6.07) is 14.4. The highest BCUT2D eigenvalue weighted by Crippen LogP contribution is 2.28. The Hall–Kier alpha value is -2.66. The van der Waals surface area contributed by atoms with E-state index in [0.717, 1.165) is 20.9 Å². The van der Waals surface area contributed by atoms with E-state index in [0.29, 0.717) is 16.3 Å². The van der Waals surface area contributed by atoms with Crippen molar-refractivity contribution in [2.75, 3.05) is 11.9 Å².